The number of aliphatic hydroxyl groups is 2. The number of likely N-dealkylation sites (tertiary alicyclic amines) is 1. The number of hydrogen-bond donors (Lipinski definition) is 5. The van der Waals surface area contributed by atoms with Crippen LogP contribution in [0.15, 0.2) is 46.1 Å². The minimum atomic E-state index is -1.95. The average Bonchev–Trinajstić information content (AvgIpc) is 3.71. The third-order valence-electron chi connectivity index (χ3n) is 12.8. The molecule has 1 amide bonds. The number of carbonyl (C=O) groups is 3. The van der Waals surface area contributed by atoms with Crippen LogP contribution >= 0.6 is 0 Å². The van der Waals surface area contributed by atoms with Crippen LogP contribution in [0.5, 0.6) is 17.2 Å². The van der Waals surface area contributed by atoms with E-state index in [1.54, 1.807) is 59.8 Å². The van der Waals surface area contributed by atoms with Gasteiger partial charge in [-0.1, -0.05) is 52.8 Å². The maximum atomic E-state index is 14.7. The van der Waals surface area contributed by atoms with Gasteiger partial charge in [0.15, 0.2) is 5.75 Å². The van der Waals surface area contributed by atoms with Gasteiger partial charge in [0.05, 0.1) is 41.2 Å². The molecule has 2 aromatic carbocycles. The fraction of sp³-hybridized carbons (Fsp3) is 0.578. The number of Topliss-reactive ketones (excluding diaryl/α,β-unsaturated/α-hetero) is 1. The first-order chi connectivity index (χ1) is 28.3. The first-order valence-electron chi connectivity index (χ1n) is 20.9. The fourth-order valence-electron chi connectivity index (χ4n) is 9.08. The van der Waals surface area contributed by atoms with E-state index in [1.165, 1.54) is 33.3 Å². The molecule has 7 rings (SSSR count). The quantitative estimate of drug-likeness (QED) is 0.213. The molecule has 326 valence electrons. The minimum Gasteiger partial charge on any atom is -0.507 e. The predicted molar refractivity (Wildman–Crippen MR) is 223 cm³/mol. The van der Waals surface area contributed by atoms with Gasteiger partial charge in [-0.15, -0.1) is 0 Å². The monoisotopic (exact) mass is 832 g/mol. The summed E-state index contributed by atoms with van der Waals surface area (Å²) in [7, 11) is 1.47. The molecule has 0 aliphatic carbocycles. The van der Waals surface area contributed by atoms with Crippen molar-refractivity contribution in [2.24, 2.45) is 33.7 Å². The van der Waals surface area contributed by atoms with Crippen LogP contribution in [-0.4, -0.2) is 106 Å². The third kappa shape index (κ3) is 8.04. The van der Waals surface area contributed by atoms with E-state index in [4.69, 9.17) is 23.9 Å². The predicted octanol–water partition coefficient (Wildman–Crippen LogP) is 4.50. The van der Waals surface area contributed by atoms with Crippen LogP contribution in [0.4, 0.5) is 5.69 Å². The van der Waals surface area contributed by atoms with Crippen molar-refractivity contribution in [2.45, 2.75) is 117 Å². The molecular weight excluding hydrogens is 773 g/mol. The molecule has 2 aromatic rings. The molecule has 1 fully saturated rings. The van der Waals surface area contributed by atoms with E-state index in [0.717, 1.165) is 26.1 Å². The van der Waals surface area contributed by atoms with Crippen molar-refractivity contribution in [2.75, 3.05) is 32.1 Å². The number of phenols is 2. The molecule has 5 heterocycles. The molecular formula is C45H60N4O11. The molecule has 1 spiro atoms. The number of phenolic OH excluding ortho intramolecular Hbond substituents is 2. The molecule has 15 heteroatoms. The zero-order chi connectivity index (χ0) is 44.0. The number of hydrogen-bond acceptors (Lipinski definition) is 14. The highest BCUT2D eigenvalue weighted by Gasteiger charge is 2.50. The smallest absolute Gasteiger partial charge is 0.312 e. The van der Waals surface area contributed by atoms with E-state index in [9.17, 15) is 34.8 Å². The summed E-state index contributed by atoms with van der Waals surface area (Å²) < 4.78 is 24.0. The standard InChI is InChI=1S/C45H60N4O11/c1-11-18-49-19-16-45(17-20-49)47-33-30-31-38(53)27(7)41-32(30)42(55)44(9,60-41)58-21-15-29(57-10)24(4)40(59-28(8)50)26(6)37(52)25(5)36(51)22(2)13-12-14-23(3)43(56)46-35(39(31)54)34(33)48-45/h12-15,21-22,24-26,29,36-37,40,47,51-54H,11,16-20H2,1-10H3/b13-12-,21-15-,23-14-,46-35?. The van der Waals surface area contributed by atoms with Gasteiger partial charge in [0.25, 0.3) is 11.7 Å². The lowest BCUT2D eigenvalue weighted by molar-refractivity contribution is -0.160. The normalized spacial score (nSPS) is 32.9. The van der Waals surface area contributed by atoms with Crippen LogP contribution < -0.4 is 20.8 Å². The number of aliphatic hydroxyl groups excluding tert-OH is 2. The number of allylic oxidation sites excluding steroid dienone is 2. The molecule has 5 N–H and O–H groups in total. The lowest BCUT2D eigenvalue weighted by Crippen LogP contribution is -2.46. The Morgan fingerprint density at radius 2 is 1.67 bits per heavy atom. The highest BCUT2D eigenvalue weighted by atomic mass is 16.7. The van der Waals surface area contributed by atoms with Gasteiger partial charge in [-0.2, -0.15) is 0 Å². The molecule has 1 saturated heterocycles. The molecule has 5 aliphatic rings. The molecule has 15 nitrogen and oxygen atoms in total. The molecule has 9 unspecified atom stereocenters. The van der Waals surface area contributed by atoms with E-state index in [1.807, 2.05) is 0 Å². The number of benzene rings is 2. The van der Waals surface area contributed by atoms with Crippen LogP contribution in [0.2, 0.25) is 0 Å². The largest absolute Gasteiger partial charge is 0.507 e. The molecule has 5 aliphatic heterocycles. The molecule has 0 saturated carbocycles. The maximum absolute atomic E-state index is 14.7. The summed E-state index contributed by atoms with van der Waals surface area (Å²) in [4.78, 5) is 52.8. The number of nitrogens with zero attached hydrogens (tertiary/aromatic N) is 3. The summed E-state index contributed by atoms with van der Waals surface area (Å²) in [5.74, 6) is -7.02. The van der Waals surface area contributed by atoms with E-state index in [-0.39, 0.29) is 49.7 Å². The molecule has 0 aromatic heterocycles. The summed E-state index contributed by atoms with van der Waals surface area (Å²) in [6.45, 7) is 17.4. The van der Waals surface area contributed by atoms with Crippen molar-refractivity contribution >= 4 is 34.1 Å². The second-order valence-corrected chi connectivity index (χ2v) is 17.1. The number of nitrogens with one attached hydrogen (secondary N) is 1. The summed E-state index contributed by atoms with van der Waals surface area (Å²) in [6.07, 6.45) is 6.08. The number of piperidine rings is 1. The lowest BCUT2D eigenvalue weighted by Gasteiger charge is -2.38. The molecule has 9 atom stereocenters. The number of ether oxygens (including phenoxy) is 4. The Hall–Kier alpha value is -4.83. The number of esters is 1. The van der Waals surface area contributed by atoms with Crippen LogP contribution in [0, 0.1) is 30.6 Å². The van der Waals surface area contributed by atoms with E-state index in [2.05, 4.69) is 22.1 Å². The number of aromatic hydroxyl groups is 2. The van der Waals surface area contributed by atoms with Crippen molar-refractivity contribution < 1.29 is 53.8 Å². The topological polar surface area (TPSA) is 209 Å². The Balaban J connectivity index is 1.56. The number of ketones is 1. The fourth-order valence-corrected chi connectivity index (χ4v) is 9.08. The third-order valence-corrected chi connectivity index (χ3v) is 12.8. The summed E-state index contributed by atoms with van der Waals surface area (Å²) in [6, 6.07) is 0. The molecule has 60 heavy (non-hydrogen) atoms. The number of anilines is 1. The Labute approximate surface area is 350 Å². The second kappa shape index (κ2) is 17.3. The lowest BCUT2D eigenvalue weighted by atomic mass is 9.78. The SMILES string of the molecule is CCCN1CCC2(CC1)N=c1c(c3c4c5c(C)c(O)c3c(O)c1=NC(=O)/C(C)=C\C=C/C(C)C(O)C(C)C(O)C(C)C(OC(C)=O)C(C)C(OC)/C=C\OC(C)(O5)C4=O)N2. The van der Waals surface area contributed by atoms with Gasteiger partial charge in [0, 0.05) is 87.1 Å². The van der Waals surface area contributed by atoms with Crippen molar-refractivity contribution in [1.82, 2.24) is 4.90 Å². The summed E-state index contributed by atoms with van der Waals surface area (Å²) in [5, 5.41) is 50.5. The zero-order valence-corrected chi connectivity index (χ0v) is 36.2. The van der Waals surface area contributed by atoms with E-state index >= 15 is 0 Å². The first kappa shape index (κ1) is 44.7. The average molecular weight is 833 g/mol. The van der Waals surface area contributed by atoms with Crippen molar-refractivity contribution in [3.63, 3.8) is 0 Å². The second-order valence-electron chi connectivity index (χ2n) is 17.1. The van der Waals surface area contributed by atoms with E-state index in [0.29, 0.717) is 18.5 Å². The van der Waals surface area contributed by atoms with Crippen LogP contribution in [-0.2, 0) is 23.8 Å². The molecule has 5 bridgehead atoms. The Bertz CT molecular complexity index is 2260. The first-order valence-corrected chi connectivity index (χ1v) is 20.9. The summed E-state index contributed by atoms with van der Waals surface area (Å²) >= 11 is 0. The number of amides is 1. The van der Waals surface area contributed by atoms with Crippen LogP contribution in [0.3, 0.4) is 0 Å². The van der Waals surface area contributed by atoms with Crippen LogP contribution in [0.1, 0.15) is 90.6 Å². The van der Waals surface area contributed by atoms with E-state index < -0.39 is 82.9 Å². The zero-order valence-electron chi connectivity index (χ0n) is 36.2. The van der Waals surface area contributed by atoms with Crippen molar-refractivity contribution in [3.05, 3.63) is 58.0 Å². The van der Waals surface area contributed by atoms with Crippen molar-refractivity contribution in [3.8, 4) is 17.2 Å². The van der Waals surface area contributed by atoms with Crippen LogP contribution in [0.25, 0.3) is 10.8 Å². The van der Waals surface area contributed by atoms with Gasteiger partial charge in [-0.05, 0) is 32.9 Å². The Kier molecular flexibility index (Phi) is 12.9. The number of carbonyl (C=O) groups excluding carboxylic acids is 3. The Morgan fingerprint density at radius 1 is 0.983 bits per heavy atom. The molecule has 0 radical (unpaired) electrons. The van der Waals surface area contributed by atoms with Gasteiger partial charge >= 0.3 is 11.8 Å². The Morgan fingerprint density at radius 3 is 2.30 bits per heavy atom. The van der Waals surface area contributed by atoms with Gasteiger partial charge in [-0.3, -0.25) is 19.4 Å². The van der Waals surface area contributed by atoms with Crippen molar-refractivity contribution in [1.29, 1.82) is 0 Å². The number of methoxy groups -OCH3 is 1. The van der Waals surface area contributed by atoms with Gasteiger partial charge < -0.3 is 49.6 Å². The highest BCUT2D eigenvalue weighted by molar-refractivity contribution is 6.21. The summed E-state index contributed by atoms with van der Waals surface area (Å²) in [5.41, 5.74) is -0.0963. The highest BCUT2D eigenvalue weighted by Crippen LogP contribution is 2.51. The maximum Gasteiger partial charge on any atom is 0.312 e. The minimum absolute atomic E-state index is 0.0549. The number of rotatable bonds is 4. The van der Waals surface area contributed by atoms with Gasteiger partial charge in [0.1, 0.15) is 34.0 Å². The van der Waals surface area contributed by atoms with Gasteiger partial charge in [-0.25, -0.2) is 4.99 Å². The number of fused-ring (bicyclic) bond motifs is 13. The van der Waals surface area contributed by atoms with Gasteiger partial charge in [0.2, 0.25) is 0 Å².